The highest BCUT2D eigenvalue weighted by Gasteiger charge is 2.26. The van der Waals surface area contributed by atoms with Crippen molar-refractivity contribution in [1.29, 1.82) is 0 Å². The van der Waals surface area contributed by atoms with Gasteiger partial charge in [-0.2, -0.15) is 0 Å². The first-order chi connectivity index (χ1) is 14.6. The van der Waals surface area contributed by atoms with E-state index in [1.54, 1.807) is 28.0 Å². The monoisotopic (exact) mass is 483 g/mol. The van der Waals surface area contributed by atoms with E-state index >= 15 is 0 Å². The normalized spacial score (nSPS) is 14.6. The molecule has 1 aliphatic rings. The molecule has 0 radical (unpaired) electrons. The third kappa shape index (κ3) is 5.50. The summed E-state index contributed by atoms with van der Waals surface area (Å²) in [6, 6.07) is 10.3. The molecule has 166 valence electrons. The summed E-state index contributed by atoms with van der Waals surface area (Å²) in [4.78, 5) is 28.4. The van der Waals surface area contributed by atoms with Gasteiger partial charge in [-0.1, -0.05) is 43.1 Å². The number of carbonyl (C=O) groups excluding carboxylic acids is 2. The number of amides is 2. The van der Waals surface area contributed by atoms with E-state index in [1.807, 2.05) is 13.8 Å². The van der Waals surface area contributed by atoms with Gasteiger partial charge in [0.1, 0.15) is 0 Å². The average molecular weight is 484 g/mol. The molecule has 2 aromatic carbocycles. The Morgan fingerprint density at radius 3 is 2.19 bits per heavy atom. The maximum atomic E-state index is 12.9. The molecule has 10 heteroatoms. The summed E-state index contributed by atoms with van der Waals surface area (Å²) in [5.74, 6) is -0.222. The van der Waals surface area contributed by atoms with E-state index in [4.69, 9.17) is 23.2 Å². The minimum atomic E-state index is -3.91. The van der Waals surface area contributed by atoms with Gasteiger partial charge in [0.05, 0.1) is 14.9 Å². The van der Waals surface area contributed by atoms with E-state index in [1.165, 1.54) is 24.3 Å². The minimum Gasteiger partial charge on any atom is -0.339 e. The van der Waals surface area contributed by atoms with Gasteiger partial charge >= 0.3 is 0 Å². The van der Waals surface area contributed by atoms with Gasteiger partial charge < -0.3 is 9.80 Å². The van der Waals surface area contributed by atoms with Crippen LogP contribution < -0.4 is 4.72 Å². The molecular formula is C21H23Cl2N3O4S. The van der Waals surface area contributed by atoms with Crippen LogP contribution in [-0.2, 0) is 14.8 Å². The lowest BCUT2D eigenvalue weighted by Gasteiger charge is -2.35. The van der Waals surface area contributed by atoms with Crippen LogP contribution in [0.2, 0.25) is 10.0 Å². The smallest absolute Gasteiger partial charge is 0.261 e. The number of benzene rings is 2. The summed E-state index contributed by atoms with van der Waals surface area (Å²) in [7, 11) is -3.91. The van der Waals surface area contributed by atoms with Crippen molar-refractivity contribution in [2.45, 2.75) is 18.7 Å². The first kappa shape index (κ1) is 23.4. The molecule has 0 spiro atoms. The molecule has 31 heavy (non-hydrogen) atoms. The van der Waals surface area contributed by atoms with Crippen molar-refractivity contribution in [1.82, 2.24) is 9.80 Å². The van der Waals surface area contributed by atoms with Gasteiger partial charge in [-0.25, -0.2) is 8.42 Å². The molecule has 1 heterocycles. The fourth-order valence-corrected chi connectivity index (χ4v) is 4.69. The Hall–Kier alpha value is -2.29. The van der Waals surface area contributed by atoms with Crippen LogP contribution in [0.1, 0.15) is 24.2 Å². The van der Waals surface area contributed by atoms with Crippen molar-refractivity contribution in [3.05, 3.63) is 58.1 Å². The Kier molecular flexibility index (Phi) is 7.13. The van der Waals surface area contributed by atoms with Gasteiger partial charge in [-0.05, 0) is 36.4 Å². The van der Waals surface area contributed by atoms with E-state index in [-0.39, 0.29) is 38.4 Å². The third-order valence-electron chi connectivity index (χ3n) is 4.94. The number of anilines is 1. The van der Waals surface area contributed by atoms with E-state index in [2.05, 4.69) is 4.72 Å². The topological polar surface area (TPSA) is 86.8 Å². The van der Waals surface area contributed by atoms with Gasteiger partial charge in [0.15, 0.2) is 0 Å². The van der Waals surface area contributed by atoms with Crippen LogP contribution in [0.15, 0.2) is 47.4 Å². The Labute approximate surface area is 192 Å². The average Bonchev–Trinajstić information content (AvgIpc) is 2.74. The zero-order valence-corrected chi connectivity index (χ0v) is 19.5. The third-order valence-corrected chi connectivity index (χ3v) is 7.05. The first-order valence-corrected chi connectivity index (χ1v) is 12.0. The Morgan fingerprint density at radius 2 is 1.58 bits per heavy atom. The fourth-order valence-electron chi connectivity index (χ4n) is 3.25. The maximum Gasteiger partial charge on any atom is 0.261 e. The first-order valence-electron chi connectivity index (χ1n) is 9.74. The van der Waals surface area contributed by atoms with Crippen molar-refractivity contribution < 1.29 is 18.0 Å². The number of halogens is 2. The molecule has 1 aliphatic heterocycles. The van der Waals surface area contributed by atoms with Gasteiger partial charge in [0.2, 0.25) is 5.91 Å². The molecule has 2 amide bonds. The fraction of sp³-hybridized carbons (Fsp3) is 0.333. The molecular weight excluding hydrogens is 461 g/mol. The second-order valence-electron chi connectivity index (χ2n) is 7.53. The maximum absolute atomic E-state index is 12.9. The van der Waals surface area contributed by atoms with Crippen LogP contribution in [0, 0.1) is 5.92 Å². The SMILES string of the molecule is CC(C)C(=O)N1CCN(C(=O)c2cccc(NS(=O)(=O)c3ccc(Cl)c(Cl)c3)c2)CC1. The van der Waals surface area contributed by atoms with Crippen LogP contribution in [0.5, 0.6) is 0 Å². The number of nitrogens with zero attached hydrogens (tertiary/aromatic N) is 2. The molecule has 0 aromatic heterocycles. The van der Waals surface area contributed by atoms with Crippen LogP contribution in [0.4, 0.5) is 5.69 Å². The van der Waals surface area contributed by atoms with Crippen molar-refractivity contribution in [2.75, 3.05) is 30.9 Å². The summed E-state index contributed by atoms with van der Waals surface area (Å²) < 4.78 is 27.8. The molecule has 7 nitrogen and oxygen atoms in total. The zero-order chi connectivity index (χ0) is 22.8. The summed E-state index contributed by atoms with van der Waals surface area (Å²) in [5.41, 5.74) is 0.614. The van der Waals surface area contributed by atoms with Crippen molar-refractivity contribution in [2.24, 2.45) is 5.92 Å². The summed E-state index contributed by atoms with van der Waals surface area (Å²) in [6.07, 6.45) is 0. The standard InChI is InChI=1S/C21H23Cl2N3O4S/c1-14(2)20(27)25-8-10-26(11-9-25)21(28)15-4-3-5-16(12-15)24-31(29,30)17-6-7-18(22)19(23)13-17/h3-7,12-14,24H,8-11H2,1-2H3. The number of piperazine rings is 1. The van der Waals surface area contributed by atoms with Gasteiger partial charge in [0.25, 0.3) is 15.9 Å². The Balaban J connectivity index is 1.71. The lowest BCUT2D eigenvalue weighted by atomic mass is 10.1. The molecule has 2 aromatic rings. The molecule has 0 unspecified atom stereocenters. The molecule has 1 fully saturated rings. The number of nitrogens with one attached hydrogen (secondary N) is 1. The summed E-state index contributed by atoms with van der Waals surface area (Å²) >= 11 is 11.8. The van der Waals surface area contributed by atoms with Crippen LogP contribution >= 0.6 is 23.2 Å². The van der Waals surface area contributed by atoms with E-state index in [0.717, 1.165) is 0 Å². The van der Waals surface area contributed by atoms with Crippen molar-refractivity contribution >= 4 is 50.7 Å². The van der Waals surface area contributed by atoms with E-state index in [0.29, 0.717) is 31.7 Å². The molecule has 0 aliphatic carbocycles. The predicted molar refractivity (Wildman–Crippen MR) is 121 cm³/mol. The Bertz CT molecular complexity index is 1100. The predicted octanol–water partition coefficient (Wildman–Crippen LogP) is 3.73. The van der Waals surface area contributed by atoms with Crippen LogP contribution in [0.25, 0.3) is 0 Å². The van der Waals surface area contributed by atoms with E-state index < -0.39 is 10.0 Å². The van der Waals surface area contributed by atoms with Crippen LogP contribution in [0.3, 0.4) is 0 Å². The minimum absolute atomic E-state index is 0.0374. The molecule has 0 saturated carbocycles. The van der Waals surface area contributed by atoms with Gasteiger partial charge in [-0.15, -0.1) is 0 Å². The molecule has 1 saturated heterocycles. The number of hydrogen-bond donors (Lipinski definition) is 1. The van der Waals surface area contributed by atoms with Crippen molar-refractivity contribution in [3.8, 4) is 0 Å². The number of carbonyl (C=O) groups is 2. The van der Waals surface area contributed by atoms with Gasteiger partial charge in [0, 0.05) is 43.3 Å². The molecule has 0 atom stereocenters. The highest BCUT2D eigenvalue weighted by molar-refractivity contribution is 7.92. The largest absolute Gasteiger partial charge is 0.339 e. The van der Waals surface area contributed by atoms with Crippen LogP contribution in [-0.4, -0.2) is 56.2 Å². The van der Waals surface area contributed by atoms with E-state index in [9.17, 15) is 18.0 Å². The molecule has 3 rings (SSSR count). The second kappa shape index (κ2) is 9.46. The quantitative estimate of drug-likeness (QED) is 0.701. The Morgan fingerprint density at radius 1 is 0.935 bits per heavy atom. The molecule has 0 bridgehead atoms. The number of rotatable bonds is 5. The summed E-state index contributed by atoms with van der Waals surface area (Å²) in [5, 5.41) is 0.381. The number of hydrogen-bond acceptors (Lipinski definition) is 4. The zero-order valence-electron chi connectivity index (χ0n) is 17.1. The molecule has 1 N–H and O–H groups in total. The summed E-state index contributed by atoms with van der Waals surface area (Å²) in [6.45, 7) is 5.51. The second-order valence-corrected chi connectivity index (χ2v) is 10.0. The lowest BCUT2D eigenvalue weighted by Crippen LogP contribution is -2.51. The lowest BCUT2D eigenvalue weighted by molar-refractivity contribution is -0.135. The highest BCUT2D eigenvalue weighted by Crippen LogP contribution is 2.26. The highest BCUT2D eigenvalue weighted by atomic mass is 35.5. The van der Waals surface area contributed by atoms with Gasteiger partial charge in [-0.3, -0.25) is 14.3 Å². The number of sulfonamides is 1. The van der Waals surface area contributed by atoms with Crippen molar-refractivity contribution in [3.63, 3.8) is 0 Å².